The molecule has 0 heterocycles. The summed E-state index contributed by atoms with van der Waals surface area (Å²) in [4.78, 5) is 27.7. The average molecular weight is 490 g/mol. The number of amides is 2. The highest BCUT2D eigenvalue weighted by Gasteiger charge is 2.30. The van der Waals surface area contributed by atoms with E-state index in [1.54, 1.807) is 36.4 Å². The van der Waals surface area contributed by atoms with E-state index < -0.39 is 6.04 Å². The van der Waals surface area contributed by atoms with Crippen LogP contribution in [0.5, 0.6) is 0 Å². The van der Waals surface area contributed by atoms with Gasteiger partial charge in [0, 0.05) is 28.2 Å². The maximum absolute atomic E-state index is 13.3. The molecule has 2 aromatic carbocycles. The van der Waals surface area contributed by atoms with E-state index in [4.69, 9.17) is 46.4 Å². The summed E-state index contributed by atoms with van der Waals surface area (Å²) in [7, 11) is 0. The third-order valence-electron chi connectivity index (χ3n) is 4.55. The smallest absolute Gasteiger partial charge is 0.243 e. The molecule has 0 spiro atoms. The average Bonchev–Trinajstić information content (AvgIpc) is 2.66. The van der Waals surface area contributed by atoms with E-state index in [1.165, 1.54) is 4.90 Å². The Balaban J connectivity index is 2.39. The zero-order valence-corrected chi connectivity index (χ0v) is 20.0. The number of benzene rings is 2. The first-order valence-corrected chi connectivity index (χ1v) is 11.1. The summed E-state index contributed by atoms with van der Waals surface area (Å²) in [6.45, 7) is 5.72. The maximum Gasteiger partial charge on any atom is 0.243 e. The van der Waals surface area contributed by atoms with Gasteiger partial charge in [0.15, 0.2) is 0 Å². The normalized spacial score (nSPS) is 12.0. The molecule has 0 aliphatic heterocycles. The second kappa shape index (κ2) is 11.2. The fourth-order valence-corrected chi connectivity index (χ4v) is 3.92. The summed E-state index contributed by atoms with van der Waals surface area (Å²) in [6, 6.07) is 9.46. The molecule has 0 radical (unpaired) electrons. The lowest BCUT2D eigenvalue weighted by molar-refractivity contribution is -0.141. The van der Waals surface area contributed by atoms with Crippen LogP contribution in [0.3, 0.4) is 0 Å². The fourth-order valence-electron chi connectivity index (χ4n) is 3.08. The molecule has 4 nitrogen and oxygen atoms in total. The minimum absolute atomic E-state index is 0.0533. The molecule has 162 valence electrons. The van der Waals surface area contributed by atoms with Crippen molar-refractivity contribution in [3.05, 3.63) is 67.6 Å². The lowest BCUT2D eigenvalue weighted by Gasteiger charge is -2.32. The lowest BCUT2D eigenvalue weighted by Crippen LogP contribution is -2.50. The van der Waals surface area contributed by atoms with Crippen molar-refractivity contribution in [2.75, 3.05) is 0 Å². The molecule has 0 aromatic heterocycles. The molecule has 0 saturated heterocycles. The van der Waals surface area contributed by atoms with Crippen molar-refractivity contribution >= 4 is 58.2 Å². The van der Waals surface area contributed by atoms with Crippen LogP contribution in [0.2, 0.25) is 20.1 Å². The van der Waals surface area contributed by atoms with Crippen molar-refractivity contribution in [2.24, 2.45) is 0 Å². The van der Waals surface area contributed by atoms with E-state index in [2.05, 4.69) is 5.32 Å². The SMILES string of the molecule is CCC(C(=O)NC(C)C)N(Cc1c(Cl)cccc1Cl)C(=O)Cc1ccc(Cl)c(Cl)c1. The fraction of sp³-hybridized carbons (Fsp3) is 0.364. The summed E-state index contributed by atoms with van der Waals surface area (Å²) < 4.78 is 0. The Kier molecular flexibility index (Phi) is 9.30. The van der Waals surface area contributed by atoms with Gasteiger partial charge in [0.2, 0.25) is 11.8 Å². The van der Waals surface area contributed by atoms with Crippen LogP contribution in [0.25, 0.3) is 0 Å². The number of carbonyl (C=O) groups is 2. The highest BCUT2D eigenvalue weighted by atomic mass is 35.5. The number of nitrogens with zero attached hydrogens (tertiary/aromatic N) is 1. The molecule has 2 rings (SSSR count). The molecule has 0 saturated carbocycles. The van der Waals surface area contributed by atoms with Gasteiger partial charge >= 0.3 is 0 Å². The van der Waals surface area contributed by atoms with Crippen LogP contribution in [0.4, 0.5) is 0 Å². The molecule has 8 heteroatoms. The summed E-state index contributed by atoms with van der Waals surface area (Å²) in [5, 5.41) is 4.55. The molecule has 2 amide bonds. The minimum atomic E-state index is -0.671. The molecule has 2 aromatic rings. The van der Waals surface area contributed by atoms with Gasteiger partial charge in [-0.25, -0.2) is 0 Å². The Morgan fingerprint density at radius 1 is 0.967 bits per heavy atom. The highest BCUT2D eigenvalue weighted by molar-refractivity contribution is 6.42. The van der Waals surface area contributed by atoms with Gasteiger partial charge in [0.05, 0.1) is 16.5 Å². The van der Waals surface area contributed by atoms with Gasteiger partial charge < -0.3 is 10.2 Å². The third kappa shape index (κ3) is 6.52. The van der Waals surface area contributed by atoms with E-state index >= 15 is 0 Å². The second-order valence-electron chi connectivity index (χ2n) is 7.23. The summed E-state index contributed by atoms with van der Waals surface area (Å²) in [6.07, 6.45) is 0.498. The number of hydrogen-bond acceptors (Lipinski definition) is 2. The molecule has 0 bridgehead atoms. The van der Waals surface area contributed by atoms with Crippen molar-refractivity contribution < 1.29 is 9.59 Å². The van der Waals surface area contributed by atoms with E-state index in [1.807, 2.05) is 20.8 Å². The predicted octanol–water partition coefficient (Wildman–Crippen LogP) is 6.17. The van der Waals surface area contributed by atoms with Gasteiger partial charge in [-0.05, 0) is 50.1 Å². The Morgan fingerprint density at radius 2 is 1.60 bits per heavy atom. The predicted molar refractivity (Wildman–Crippen MR) is 125 cm³/mol. The van der Waals surface area contributed by atoms with Gasteiger partial charge in [-0.3, -0.25) is 9.59 Å². The number of rotatable bonds is 8. The van der Waals surface area contributed by atoms with E-state index in [0.717, 1.165) is 0 Å². The van der Waals surface area contributed by atoms with Crippen LogP contribution in [-0.2, 0) is 22.6 Å². The molecule has 1 unspecified atom stereocenters. The Morgan fingerprint density at radius 3 is 2.13 bits per heavy atom. The first kappa shape index (κ1) is 24.8. The van der Waals surface area contributed by atoms with Crippen molar-refractivity contribution in [2.45, 2.75) is 52.2 Å². The Bertz CT molecular complexity index is 898. The third-order valence-corrected chi connectivity index (χ3v) is 5.99. The molecule has 0 aliphatic rings. The Hall–Kier alpha value is -1.46. The van der Waals surface area contributed by atoms with Gasteiger partial charge in [-0.2, -0.15) is 0 Å². The number of hydrogen-bond donors (Lipinski definition) is 1. The lowest BCUT2D eigenvalue weighted by atomic mass is 10.1. The van der Waals surface area contributed by atoms with Crippen molar-refractivity contribution in [1.29, 1.82) is 0 Å². The molecule has 1 N–H and O–H groups in total. The van der Waals surface area contributed by atoms with Crippen LogP contribution < -0.4 is 5.32 Å². The molecular formula is C22H24Cl4N2O2. The number of halogens is 4. The zero-order valence-electron chi connectivity index (χ0n) is 17.0. The topological polar surface area (TPSA) is 49.4 Å². The standard InChI is InChI=1S/C22H24Cl4N2O2/c1-4-20(22(30)27-13(2)3)28(12-15-16(23)6-5-7-17(15)24)21(29)11-14-8-9-18(25)19(26)10-14/h5-10,13,20H,4,11-12H2,1-3H3,(H,27,30). The quantitative estimate of drug-likeness (QED) is 0.481. The minimum Gasteiger partial charge on any atom is -0.352 e. The first-order valence-electron chi connectivity index (χ1n) is 9.60. The first-order chi connectivity index (χ1) is 14.1. The van der Waals surface area contributed by atoms with Gasteiger partial charge in [-0.15, -0.1) is 0 Å². The van der Waals surface area contributed by atoms with Crippen LogP contribution in [0, 0.1) is 0 Å². The molecular weight excluding hydrogens is 466 g/mol. The molecule has 0 fully saturated rings. The van der Waals surface area contributed by atoms with Gasteiger partial charge in [0.25, 0.3) is 0 Å². The number of carbonyl (C=O) groups excluding carboxylic acids is 2. The summed E-state index contributed by atoms with van der Waals surface area (Å²) >= 11 is 24.7. The largest absolute Gasteiger partial charge is 0.352 e. The van der Waals surface area contributed by atoms with Gasteiger partial charge in [-0.1, -0.05) is 65.5 Å². The summed E-state index contributed by atoms with van der Waals surface area (Å²) in [5.41, 5.74) is 1.29. The van der Waals surface area contributed by atoms with Crippen LogP contribution in [0.1, 0.15) is 38.3 Å². The monoisotopic (exact) mass is 488 g/mol. The van der Waals surface area contributed by atoms with Crippen molar-refractivity contribution in [3.8, 4) is 0 Å². The summed E-state index contributed by atoms with van der Waals surface area (Å²) in [5.74, 6) is -0.465. The van der Waals surface area contributed by atoms with Crippen LogP contribution in [-0.4, -0.2) is 28.8 Å². The number of nitrogens with one attached hydrogen (secondary N) is 1. The van der Waals surface area contributed by atoms with Crippen LogP contribution in [0.15, 0.2) is 36.4 Å². The zero-order chi connectivity index (χ0) is 22.4. The molecule has 0 aliphatic carbocycles. The molecule has 1 atom stereocenters. The second-order valence-corrected chi connectivity index (χ2v) is 8.86. The van der Waals surface area contributed by atoms with Crippen molar-refractivity contribution in [1.82, 2.24) is 10.2 Å². The molecule has 30 heavy (non-hydrogen) atoms. The van der Waals surface area contributed by atoms with E-state index in [-0.39, 0.29) is 30.8 Å². The van der Waals surface area contributed by atoms with Crippen LogP contribution >= 0.6 is 46.4 Å². The Labute approximate surface area is 197 Å². The van der Waals surface area contributed by atoms with Crippen molar-refractivity contribution in [3.63, 3.8) is 0 Å². The highest BCUT2D eigenvalue weighted by Crippen LogP contribution is 2.28. The van der Waals surface area contributed by atoms with Gasteiger partial charge in [0.1, 0.15) is 6.04 Å². The maximum atomic E-state index is 13.3. The van der Waals surface area contributed by atoms with E-state index in [0.29, 0.717) is 37.6 Å². The van der Waals surface area contributed by atoms with E-state index in [9.17, 15) is 9.59 Å².